The van der Waals surface area contributed by atoms with E-state index in [2.05, 4.69) is 0 Å². The summed E-state index contributed by atoms with van der Waals surface area (Å²) in [5.74, 6) is -2.56. The van der Waals surface area contributed by atoms with Crippen molar-refractivity contribution in [2.24, 2.45) is 0 Å². The molecule has 1 saturated carbocycles. The number of hydrogen-bond acceptors (Lipinski definition) is 5. The zero-order valence-corrected chi connectivity index (χ0v) is 22.4. The molecule has 0 atom stereocenters. The van der Waals surface area contributed by atoms with Crippen molar-refractivity contribution in [2.75, 3.05) is 0 Å². The Morgan fingerprint density at radius 1 is 1.07 bits per heavy atom. The standard InChI is InChI=1S/C29H23F3N2O6S/c1-15-2-6-19(7-3-15)41(38,39)33-12-17-10-16(11-24(30)22(17)13-33)20-8-9-21-25(27(20)40-29(31)32)34(18-4-5-18)14-23(26(21)35)28(36)37/h2-3,6-11,14,18,29H,4-5,12-13H2,1H3,(H,36,37). The Hall–Kier alpha value is -4.16. The second kappa shape index (κ2) is 9.74. The molecule has 1 aliphatic heterocycles. The summed E-state index contributed by atoms with van der Waals surface area (Å²) >= 11 is 0. The van der Waals surface area contributed by atoms with Gasteiger partial charge >= 0.3 is 12.6 Å². The molecule has 8 nitrogen and oxygen atoms in total. The summed E-state index contributed by atoms with van der Waals surface area (Å²) in [7, 11) is -3.94. The molecular weight excluding hydrogens is 561 g/mol. The molecule has 0 spiro atoms. The third-order valence-electron chi connectivity index (χ3n) is 7.46. The van der Waals surface area contributed by atoms with Crippen molar-refractivity contribution < 1.29 is 36.2 Å². The van der Waals surface area contributed by atoms with Gasteiger partial charge in [0.15, 0.2) is 5.75 Å². The monoisotopic (exact) mass is 584 g/mol. The van der Waals surface area contributed by atoms with Crippen molar-refractivity contribution in [2.45, 2.75) is 50.4 Å². The highest BCUT2D eigenvalue weighted by molar-refractivity contribution is 7.89. The minimum absolute atomic E-state index is 0.00946. The van der Waals surface area contributed by atoms with Crippen molar-refractivity contribution in [3.05, 3.63) is 93.0 Å². The average Bonchev–Trinajstić information content (AvgIpc) is 3.66. The zero-order chi connectivity index (χ0) is 29.2. The predicted molar refractivity (Wildman–Crippen MR) is 143 cm³/mol. The summed E-state index contributed by atoms with van der Waals surface area (Å²) in [5, 5.41) is 9.41. The van der Waals surface area contributed by atoms with Gasteiger partial charge in [0.1, 0.15) is 11.4 Å². The molecule has 0 radical (unpaired) electrons. The van der Waals surface area contributed by atoms with Gasteiger partial charge in [-0.15, -0.1) is 0 Å². The number of carboxylic acid groups (broad SMARTS) is 1. The van der Waals surface area contributed by atoms with E-state index in [0.29, 0.717) is 18.4 Å². The highest BCUT2D eigenvalue weighted by atomic mass is 32.2. The van der Waals surface area contributed by atoms with Gasteiger partial charge in [0, 0.05) is 36.5 Å². The fraction of sp³-hybridized carbons (Fsp3) is 0.241. The predicted octanol–water partition coefficient (Wildman–Crippen LogP) is 5.46. The Bertz CT molecular complexity index is 1900. The van der Waals surface area contributed by atoms with E-state index in [1.807, 2.05) is 6.92 Å². The first-order valence-electron chi connectivity index (χ1n) is 12.7. The third kappa shape index (κ3) is 4.66. The number of carboxylic acids is 1. The summed E-state index contributed by atoms with van der Waals surface area (Å²) in [6.45, 7) is -1.80. The number of aromatic carboxylic acids is 1. The fourth-order valence-electron chi connectivity index (χ4n) is 5.27. The van der Waals surface area contributed by atoms with Crippen molar-refractivity contribution in [1.82, 2.24) is 8.87 Å². The number of ether oxygens (including phenoxy) is 1. The number of carbonyl (C=O) groups is 1. The Morgan fingerprint density at radius 3 is 2.41 bits per heavy atom. The van der Waals surface area contributed by atoms with Crippen LogP contribution in [0.4, 0.5) is 13.2 Å². The van der Waals surface area contributed by atoms with E-state index in [9.17, 15) is 31.9 Å². The second-order valence-electron chi connectivity index (χ2n) is 10.2. The molecule has 6 rings (SSSR count). The minimum Gasteiger partial charge on any atom is -0.477 e. The summed E-state index contributed by atoms with van der Waals surface area (Å²) in [5.41, 5.74) is 0.243. The molecular formula is C29H23F3N2O6S. The second-order valence-corrected chi connectivity index (χ2v) is 12.2. The van der Waals surface area contributed by atoms with Crippen LogP contribution in [0.5, 0.6) is 5.75 Å². The highest BCUT2D eigenvalue weighted by Crippen LogP contribution is 2.44. The Labute approximate surface area is 232 Å². The normalized spacial score (nSPS) is 15.4. The lowest BCUT2D eigenvalue weighted by Gasteiger charge is -2.19. The maximum absolute atomic E-state index is 15.5. The largest absolute Gasteiger partial charge is 0.477 e. The zero-order valence-electron chi connectivity index (χ0n) is 21.6. The number of fused-ring (bicyclic) bond motifs is 2. The molecule has 1 fully saturated rings. The van der Waals surface area contributed by atoms with Crippen molar-refractivity contribution in [3.63, 3.8) is 0 Å². The molecule has 1 N–H and O–H groups in total. The van der Waals surface area contributed by atoms with E-state index in [0.717, 1.165) is 22.1 Å². The molecule has 2 heterocycles. The number of nitrogens with zero attached hydrogens (tertiary/aromatic N) is 2. The van der Waals surface area contributed by atoms with E-state index >= 15 is 4.39 Å². The lowest BCUT2D eigenvalue weighted by Crippen LogP contribution is -2.25. The van der Waals surface area contributed by atoms with Crippen LogP contribution in [0.3, 0.4) is 0 Å². The van der Waals surface area contributed by atoms with Gasteiger partial charge in [-0.3, -0.25) is 4.79 Å². The molecule has 0 unspecified atom stereocenters. The van der Waals surface area contributed by atoms with Crippen LogP contribution in [0, 0.1) is 12.7 Å². The smallest absolute Gasteiger partial charge is 0.387 e. The quantitative estimate of drug-likeness (QED) is 0.310. The van der Waals surface area contributed by atoms with E-state index in [1.165, 1.54) is 34.9 Å². The first kappa shape index (κ1) is 27.0. The van der Waals surface area contributed by atoms with Gasteiger partial charge in [-0.2, -0.15) is 13.1 Å². The number of sulfonamides is 1. The highest BCUT2D eigenvalue weighted by Gasteiger charge is 2.34. The summed E-state index contributed by atoms with van der Waals surface area (Å²) in [6, 6.07) is 11.3. The van der Waals surface area contributed by atoms with Crippen molar-refractivity contribution in [1.29, 1.82) is 0 Å². The van der Waals surface area contributed by atoms with Gasteiger partial charge in [-0.05, 0) is 67.3 Å². The van der Waals surface area contributed by atoms with Crippen LogP contribution in [0.25, 0.3) is 22.0 Å². The average molecular weight is 585 g/mol. The number of alkyl halides is 2. The van der Waals surface area contributed by atoms with Crippen LogP contribution in [0.15, 0.2) is 64.4 Å². The van der Waals surface area contributed by atoms with Gasteiger partial charge < -0.3 is 14.4 Å². The molecule has 2 aliphatic rings. The molecule has 0 saturated heterocycles. The van der Waals surface area contributed by atoms with Crippen molar-refractivity contribution in [3.8, 4) is 16.9 Å². The van der Waals surface area contributed by atoms with Gasteiger partial charge in [0.05, 0.1) is 15.8 Å². The molecule has 12 heteroatoms. The lowest BCUT2D eigenvalue weighted by molar-refractivity contribution is -0.0486. The van der Waals surface area contributed by atoms with Gasteiger partial charge in [-0.25, -0.2) is 17.6 Å². The third-order valence-corrected chi connectivity index (χ3v) is 9.27. The van der Waals surface area contributed by atoms with Gasteiger partial charge in [0.2, 0.25) is 15.5 Å². The minimum atomic E-state index is -3.94. The number of aryl methyl sites for hydroxylation is 1. The van der Waals surface area contributed by atoms with E-state index in [-0.39, 0.29) is 57.4 Å². The maximum atomic E-state index is 15.5. The first-order valence-corrected chi connectivity index (χ1v) is 14.2. The summed E-state index contributed by atoms with van der Waals surface area (Å²) < 4.78 is 76.9. The van der Waals surface area contributed by atoms with E-state index < -0.39 is 39.4 Å². The molecule has 1 aromatic heterocycles. The SMILES string of the molecule is Cc1ccc(S(=O)(=O)N2Cc3cc(-c4ccc5c(=O)c(C(=O)O)cn(C6CC6)c5c4OC(F)F)cc(F)c3C2)cc1. The summed E-state index contributed by atoms with van der Waals surface area (Å²) in [4.78, 5) is 24.7. The molecule has 1 aliphatic carbocycles. The Kier molecular flexibility index (Phi) is 6.42. The molecule has 212 valence electrons. The first-order chi connectivity index (χ1) is 19.5. The number of rotatable bonds is 7. The Morgan fingerprint density at radius 2 is 1.78 bits per heavy atom. The van der Waals surface area contributed by atoms with Crippen LogP contribution in [-0.4, -0.2) is 35.0 Å². The Balaban J connectivity index is 1.49. The van der Waals surface area contributed by atoms with E-state index in [4.69, 9.17) is 4.74 Å². The van der Waals surface area contributed by atoms with Crippen LogP contribution < -0.4 is 10.2 Å². The van der Waals surface area contributed by atoms with Gasteiger partial charge in [0.25, 0.3) is 0 Å². The number of benzene rings is 3. The van der Waals surface area contributed by atoms with Gasteiger partial charge in [-0.1, -0.05) is 17.7 Å². The molecule has 4 aromatic rings. The number of hydrogen-bond donors (Lipinski definition) is 1. The van der Waals surface area contributed by atoms with Crippen LogP contribution in [-0.2, 0) is 23.1 Å². The topological polar surface area (TPSA) is 106 Å². The van der Waals surface area contributed by atoms with Crippen LogP contribution >= 0.6 is 0 Å². The van der Waals surface area contributed by atoms with E-state index in [1.54, 1.807) is 12.1 Å². The number of aromatic nitrogens is 1. The molecule has 0 amide bonds. The maximum Gasteiger partial charge on any atom is 0.387 e. The molecule has 41 heavy (non-hydrogen) atoms. The molecule has 0 bridgehead atoms. The number of pyridine rings is 1. The molecule has 3 aromatic carbocycles. The van der Waals surface area contributed by atoms with Crippen LogP contribution in [0.1, 0.15) is 45.9 Å². The lowest BCUT2D eigenvalue weighted by atomic mass is 9.97. The van der Waals surface area contributed by atoms with Crippen LogP contribution in [0.2, 0.25) is 0 Å². The number of halogens is 3. The summed E-state index contributed by atoms with van der Waals surface area (Å²) in [6.07, 6.45) is 2.42. The van der Waals surface area contributed by atoms with Crippen molar-refractivity contribution >= 4 is 26.9 Å². The fourth-order valence-corrected chi connectivity index (χ4v) is 6.65.